The standard InChI is InChI=1S/C8H7BrClNO/c1-5-6(8(10)11-12)3-2-4-7(5)9/h2-4,12H,1H3/b11-8-. The SMILES string of the molecule is Cc1c(Br)cccc1/C(Cl)=N/O. The van der Waals surface area contributed by atoms with Crippen molar-refractivity contribution in [1.82, 2.24) is 0 Å². The molecular formula is C8H7BrClNO. The van der Waals surface area contributed by atoms with E-state index in [1.807, 2.05) is 19.1 Å². The summed E-state index contributed by atoms with van der Waals surface area (Å²) in [5, 5.41) is 11.5. The van der Waals surface area contributed by atoms with E-state index >= 15 is 0 Å². The molecule has 0 aromatic heterocycles. The lowest BCUT2D eigenvalue weighted by atomic mass is 10.1. The van der Waals surface area contributed by atoms with E-state index in [0.29, 0.717) is 0 Å². The summed E-state index contributed by atoms with van der Waals surface area (Å²) in [5.74, 6) is 0. The molecule has 0 heterocycles. The van der Waals surface area contributed by atoms with E-state index < -0.39 is 0 Å². The molecule has 12 heavy (non-hydrogen) atoms. The van der Waals surface area contributed by atoms with Gasteiger partial charge in [-0.3, -0.25) is 0 Å². The van der Waals surface area contributed by atoms with Gasteiger partial charge in [0.05, 0.1) is 0 Å². The van der Waals surface area contributed by atoms with Gasteiger partial charge in [0.15, 0.2) is 5.17 Å². The number of benzene rings is 1. The van der Waals surface area contributed by atoms with Crippen molar-refractivity contribution in [2.24, 2.45) is 5.16 Å². The van der Waals surface area contributed by atoms with E-state index in [2.05, 4.69) is 21.1 Å². The predicted octanol–water partition coefficient (Wildman–Crippen LogP) is 3.13. The Kier molecular flexibility index (Phi) is 3.12. The molecule has 0 unspecified atom stereocenters. The van der Waals surface area contributed by atoms with Gasteiger partial charge in [0, 0.05) is 10.0 Å². The Labute approximate surface area is 84.0 Å². The van der Waals surface area contributed by atoms with E-state index in [9.17, 15) is 0 Å². The lowest BCUT2D eigenvalue weighted by Crippen LogP contribution is -1.95. The quantitative estimate of drug-likeness (QED) is 0.462. The molecule has 1 aromatic rings. The van der Waals surface area contributed by atoms with Crippen LogP contribution in [0.25, 0.3) is 0 Å². The summed E-state index contributed by atoms with van der Waals surface area (Å²) >= 11 is 9.00. The zero-order valence-electron chi connectivity index (χ0n) is 6.38. The molecule has 0 atom stereocenters. The average molecular weight is 249 g/mol. The van der Waals surface area contributed by atoms with Crippen molar-refractivity contribution in [1.29, 1.82) is 0 Å². The van der Waals surface area contributed by atoms with Crippen molar-refractivity contribution in [2.75, 3.05) is 0 Å². The molecule has 0 saturated carbocycles. The van der Waals surface area contributed by atoms with Gasteiger partial charge in [-0.05, 0) is 18.6 Å². The van der Waals surface area contributed by atoms with Crippen LogP contribution in [0.1, 0.15) is 11.1 Å². The highest BCUT2D eigenvalue weighted by molar-refractivity contribution is 9.10. The second kappa shape index (κ2) is 3.92. The number of rotatable bonds is 1. The maximum Gasteiger partial charge on any atom is 0.175 e. The maximum atomic E-state index is 8.44. The molecule has 4 heteroatoms. The van der Waals surface area contributed by atoms with Gasteiger partial charge in [-0.25, -0.2) is 0 Å². The smallest absolute Gasteiger partial charge is 0.175 e. The predicted molar refractivity (Wildman–Crippen MR) is 53.1 cm³/mol. The molecule has 0 aliphatic heterocycles. The second-order valence-corrected chi connectivity index (χ2v) is 3.52. The summed E-state index contributed by atoms with van der Waals surface area (Å²) in [6.45, 7) is 1.90. The Hall–Kier alpha value is -0.540. The molecule has 0 bridgehead atoms. The molecule has 0 aliphatic carbocycles. The molecule has 0 amide bonds. The fourth-order valence-electron chi connectivity index (χ4n) is 0.885. The van der Waals surface area contributed by atoms with E-state index in [0.717, 1.165) is 15.6 Å². The third-order valence-corrected chi connectivity index (χ3v) is 2.72. The Bertz CT molecular complexity index is 325. The summed E-state index contributed by atoms with van der Waals surface area (Å²) < 4.78 is 0.946. The first-order chi connectivity index (χ1) is 5.66. The molecular weight excluding hydrogens is 241 g/mol. The lowest BCUT2D eigenvalue weighted by molar-refractivity contribution is 0.321. The average Bonchev–Trinajstić information content (AvgIpc) is 2.08. The van der Waals surface area contributed by atoms with Gasteiger partial charge < -0.3 is 5.21 Å². The van der Waals surface area contributed by atoms with Gasteiger partial charge in [-0.1, -0.05) is 44.8 Å². The molecule has 0 radical (unpaired) electrons. The van der Waals surface area contributed by atoms with Crippen LogP contribution in [0, 0.1) is 6.92 Å². The second-order valence-electron chi connectivity index (χ2n) is 2.30. The molecule has 1 N–H and O–H groups in total. The van der Waals surface area contributed by atoms with Crippen LogP contribution in [0.2, 0.25) is 0 Å². The first kappa shape index (κ1) is 9.55. The molecule has 0 aliphatic rings. The van der Waals surface area contributed by atoms with Crippen LogP contribution in [-0.2, 0) is 0 Å². The van der Waals surface area contributed by atoms with E-state index in [4.69, 9.17) is 16.8 Å². The van der Waals surface area contributed by atoms with Crippen molar-refractivity contribution in [2.45, 2.75) is 6.92 Å². The van der Waals surface area contributed by atoms with Crippen LogP contribution in [-0.4, -0.2) is 10.4 Å². The van der Waals surface area contributed by atoms with Gasteiger partial charge in [-0.2, -0.15) is 0 Å². The van der Waals surface area contributed by atoms with Crippen LogP contribution in [0.5, 0.6) is 0 Å². The Morgan fingerprint density at radius 3 is 2.83 bits per heavy atom. The van der Waals surface area contributed by atoms with Crippen LogP contribution >= 0.6 is 27.5 Å². The molecule has 64 valence electrons. The summed E-state index contributed by atoms with van der Waals surface area (Å²) in [6.07, 6.45) is 0. The van der Waals surface area contributed by atoms with Crippen molar-refractivity contribution in [3.8, 4) is 0 Å². The van der Waals surface area contributed by atoms with Gasteiger partial charge in [-0.15, -0.1) is 0 Å². The van der Waals surface area contributed by atoms with Crippen molar-refractivity contribution < 1.29 is 5.21 Å². The monoisotopic (exact) mass is 247 g/mol. The maximum absolute atomic E-state index is 8.44. The summed E-state index contributed by atoms with van der Waals surface area (Å²) in [4.78, 5) is 0. The first-order valence-corrected chi connectivity index (χ1v) is 4.47. The third-order valence-electron chi connectivity index (χ3n) is 1.58. The molecule has 0 saturated heterocycles. The van der Waals surface area contributed by atoms with Crippen molar-refractivity contribution in [3.63, 3.8) is 0 Å². The largest absolute Gasteiger partial charge is 0.410 e. The summed E-state index contributed by atoms with van der Waals surface area (Å²) in [5.41, 5.74) is 1.69. The Morgan fingerprint density at radius 2 is 2.25 bits per heavy atom. The number of oxime groups is 1. The number of halogens is 2. The Balaban J connectivity index is 3.26. The Morgan fingerprint density at radius 1 is 1.58 bits per heavy atom. The zero-order valence-corrected chi connectivity index (χ0v) is 8.72. The normalized spacial score (nSPS) is 11.8. The molecule has 0 fully saturated rings. The highest BCUT2D eigenvalue weighted by atomic mass is 79.9. The minimum atomic E-state index is 0.105. The van der Waals surface area contributed by atoms with Crippen molar-refractivity contribution in [3.05, 3.63) is 33.8 Å². The van der Waals surface area contributed by atoms with Crippen LogP contribution < -0.4 is 0 Å². The van der Waals surface area contributed by atoms with E-state index in [1.165, 1.54) is 0 Å². The van der Waals surface area contributed by atoms with Crippen LogP contribution in [0.4, 0.5) is 0 Å². The molecule has 2 nitrogen and oxygen atoms in total. The zero-order chi connectivity index (χ0) is 9.14. The molecule has 1 aromatic carbocycles. The third kappa shape index (κ3) is 1.79. The van der Waals surface area contributed by atoms with E-state index in [-0.39, 0.29) is 5.17 Å². The highest BCUT2D eigenvalue weighted by Crippen LogP contribution is 2.20. The van der Waals surface area contributed by atoms with Gasteiger partial charge in [0.2, 0.25) is 0 Å². The number of nitrogens with zero attached hydrogens (tertiary/aromatic N) is 1. The fraction of sp³-hybridized carbons (Fsp3) is 0.125. The van der Waals surface area contributed by atoms with Crippen LogP contribution in [0.3, 0.4) is 0 Å². The van der Waals surface area contributed by atoms with E-state index in [1.54, 1.807) is 6.07 Å². The van der Waals surface area contributed by atoms with Crippen LogP contribution in [0.15, 0.2) is 27.8 Å². The number of hydrogen-bond acceptors (Lipinski definition) is 2. The lowest BCUT2D eigenvalue weighted by Gasteiger charge is -2.03. The highest BCUT2D eigenvalue weighted by Gasteiger charge is 2.05. The summed E-state index contributed by atoms with van der Waals surface area (Å²) in [7, 11) is 0. The van der Waals surface area contributed by atoms with Gasteiger partial charge in [0.25, 0.3) is 0 Å². The first-order valence-electron chi connectivity index (χ1n) is 3.30. The number of hydrogen-bond donors (Lipinski definition) is 1. The fourth-order valence-corrected chi connectivity index (χ4v) is 1.46. The topological polar surface area (TPSA) is 32.6 Å². The van der Waals surface area contributed by atoms with Gasteiger partial charge in [0.1, 0.15) is 0 Å². The minimum absolute atomic E-state index is 0.105. The molecule has 0 spiro atoms. The van der Waals surface area contributed by atoms with Gasteiger partial charge >= 0.3 is 0 Å². The summed E-state index contributed by atoms with van der Waals surface area (Å²) in [6, 6.07) is 5.53. The van der Waals surface area contributed by atoms with Crippen molar-refractivity contribution >= 4 is 32.7 Å². The minimum Gasteiger partial charge on any atom is -0.410 e. The molecule has 1 rings (SSSR count).